The van der Waals surface area contributed by atoms with Crippen molar-refractivity contribution in [2.75, 3.05) is 6.54 Å². The van der Waals surface area contributed by atoms with Crippen molar-refractivity contribution in [1.29, 1.82) is 0 Å². The molecule has 0 saturated carbocycles. The largest absolute Gasteiger partial charge is 0.308 e. The van der Waals surface area contributed by atoms with Crippen LogP contribution in [0.5, 0.6) is 0 Å². The molecule has 5 heteroatoms. The molecule has 0 spiro atoms. The predicted molar refractivity (Wildman–Crippen MR) is 72.0 cm³/mol. The fourth-order valence-corrected chi connectivity index (χ4v) is 2.50. The number of halogens is 1. The molecule has 0 amide bonds. The van der Waals surface area contributed by atoms with Gasteiger partial charge in [0.2, 0.25) is 0 Å². The summed E-state index contributed by atoms with van der Waals surface area (Å²) in [5.74, 6) is -0.255. The predicted octanol–water partition coefficient (Wildman–Crippen LogP) is 3.40. The smallest absolute Gasteiger partial charge is 0.150 e. The standard InChI is InChI=1S/C13H16FN3S/c1-3-8-15-9(2)12-16-17-13(18-12)10-6-4-5-7-11(10)14/h4-7,9,15H,3,8H2,1-2H3. The summed E-state index contributed by atoms with van der Waals surface area (Å²) in [6, 6.07) is 6.80. The van der Waals surface area contributed by atoms with E-state index in [4.69, 9.17) is 0 Å². The lowest BCUT2D eigenvalue weighted by atomic mass is 10.2. The average molecular weight is 265 g/mol. The second-order valence-electron chi connectivity index (χ2n) is 4.10. The van der Waals surface area contributed by atoms with Crippen molar-refractivity contribution in [3.05, 3.63) is 35.1 Å². The van der Waals surface area contributed by atoms with Gasteiger partial charge >= 0.3 is 0 Å². The number of hydrogen-bond acceptors (Lipinski definition) is 4. The van der Waals surface area contributed by atoms with Gasteiger partial charge in [-0.3, -0.25) is 0 Å². The molecule has 0 aliphatic heterocycles. The average Bonchev–Trinajstić information content (AvgIpc) is 2.86. The SMILES string of the molecule is CCCNC(C)c1nnc(-c2ccccc2F)s1. The van der Waals surface area contributed by atoms with E-state index in [-0.39, 0.29) is 11.9 Å². The van der Waals surface area contributed by atoms with Gasteiger partial charge in [0.15, 0.2) is 5.01 Å². The lowest BCUT2D eigenvalue weighted by Crippen LogP contribution is -2.18. The third-order valence-corrected chi connectivity index (χ3v) is 3.76. The molecule has 1 aromatic heterocycles. The molecule has 0 fully saturated rings. The van der Waals surface area contributed by atoms with Crippen LogP contribution >= 0.6 is 11.3 Å². The van der Waals surface area contributed by atoms with Gasteiger partial charge < -0.3 is 5.32 Å². The van der Waals surface area contributed by atoms with Gasteiger partial charge in [-0.2, -0.15) is 0 Å². The summed E-state index contributed by atoms with van der Waals surface area (Å²) < 4.78 is 13.6. The zero-order chi connectivity index (χ0) is 13.0. The van der Waals surface area contributed by atoms with Crippen LogP contribution in [0.3, 0.4) is 0 Å². The van der Waals surface area contributed by atoms with Crippen molar-refractivity contribution >= 4 is 11.3 Å². The Kier molecular flexibility index (Phi) is 4.38. The van der Waals surface area contributed by atoms with Crippen LogP contribution in [0.15, 0.2) is 24.3 Å². The zero-order valence-electron chi connectivity index (χ0n) is 10.5. The topological polar surface area (TPSA) is 37.8 Å². The summed E-state index contributed by atoms with van der Waals surface area (Å²) >= 11 is 1.43. The summed E-state index contributed by atoms with van der Waals surface area (Å²) in [6.45, 7) is 5.10. The van der Waals surface area contributed by atoms with Crippen molar-refractivity contribution in [3.8, 4) is 10.6 Å². The van der Waals surface area contributed by atoms with Crippen LogP contribution in [-0.4, -0.2) is 16.7 Å². The van der Waals surface area contributed by atoms with Gasteiger partial charge in [0.1, 0.15) is 10.8 Å². The van der Waals surface area contributed by atoms with Gasteiger partial charge in [0.25, 0.3) is 0 Å². The van der Waals surface area contributed by atoms with Crippen molar-refractivity contribution in [2.45, 2.75) is 26.3 Å². The lowest BCUT2D eigenvalue weighted by Gasteiger charge is -2.08. The molecule has 18 heavy (non-hydrogen) atoms. The highest BCUT2D eigenvalue weighted by molar-refractivity contribution is 7.14. The Morgan fingerprint density at radius 2 is 2.11 bits per heavy atom. The maximum Gasteiger partial charge on any atom is 0.150 e. The molecule has 1 atom stereocenters. The fraction of sp³-hybridized carbons (Fsp3) is 0.385. The summed E-state index contributed by atoms with van der Waals surface area (Å²) in [6.07, 6.45) is 1.07. The van der Waals surface area contributed by atoms with Crippen LogP contribution in [-0.2, 0) is 0 Å². The first-order valence-corrected chi connectivity index (χ1v) is 6.85. The molecule has 1 heterocycles. The number of aromatic nitrogens is 2. The summed E-state index contributed by atoms with van der Waals surface area (Å²) in [7, 11) is 0. The molecule has 0 saturated heterocycles. The second-order valence-corrected chi connectivity index (χ2v) is 5.11. The first-order valence-electron chi connectivity index (χ1n) is 6.04. The number of nitrogens with one attached hydrogen (secondary N) is 1. The normalized spacial score (nSPS) is 12.6. The first-order chi connectivity index (χ1) is 8.72. The number of nitrogens with zero attached hydrogens (tertiary/aromatic N) is 2. The Labute approximate surface area is 110 Å². The molecule has 0 aliphatic carbocycles. The van der Waals surface area contributed by atoms with E-state index in [1.165, 1.54) is 17.4 Å². The first kappa shape index (κ1) is 13.1. The van der Waals surface area contributed by atoms with Gasteiger partial charge in [-0.15, -0.1) is 10.2 Å². The minimum Gasteiger partial charge on any atom is -0.308 e. The Morgan fingerprint density at radius 1 is 1.33 bits per heavy atom. The van der Waals surface area contributed by atoms with Crippen LogP contribution in [0.1, 0.15) is 31.3 Å². The molecule has 1 aromatic carbocycles. The minimum atomic E-state index is -0.255. The van der Waals surface area contributed by atoms with E-state index in [1.807, 2.05) is 6.92 Å². The molecule has 3 nitrogen and oxygen atoms in total. The molecular formula is C13H16FN3S. The molecule has 96 valence electrons. The highest BCUT2D eigenvalue weighted by atomic mass is 32.1. The second kappa shape index (κ2) is 6.02. The molecule has 1 N–H and O–H groups in total. The van der Waals surface area contributed by atoms with Gasteiger partial charge in [0, 0.05) is 5.56 Å². The van der Waals surface area contributed by atoms with Crippen molar-refractivity contribution < 1.29 is 4.39 Å². The molecule has 0 radical (unpaired) electrons. The maximum absolute atomic E-state index is 13.6. The zero-order valence-corrected chi connectivity index (χ0v) is 11.3. The van der Waals surface area contributed by atoms with Crippen LogP contribution in [0.4, 0.5) is 4.39 Å². The van der Waals surface area contributed by atoms with Crippen LogP contribution < -0.4 is 5.32 Å². The summed E-state index contributed by atoms with van der Waals surface area (Å²) in [5, 5.41) is 13.1. The lowest BCUT2D eigenvalue weighted by molar-refractivity contribution is 0.564. The highest BCUT2D eigenvalue weighted by Crippen LogP contribution is 2.28. The van der Waals surface area contributed by atoms with E-state index in [2.05, 4.69) is 22.4 Å². The Morgan fingerprint density at radius 3 is 2.83 bits per heavy atom. The molecule has 0 bridgehead atoms. The van der Waals surface area contributed by atoms with E-state index in [1.54, 1.807) is 18.2 Å². The number of hydrogen-bond donors (Lipinski definition) is 1. The van der Waals surface area contributed by atoms with Gasteiger partial charge in [0.05, 0.1) is 6.04 Å². The van der Waals surface area contributed by atoms with Crippen LogP contribution in [0.2, 0.25) is 0 Å². The molecular weight excluding hydrogens is 249 g/mol. The molecule has 2 aromatic rings. The number of benzene rings is 1. The van der Waals surface area contributed by atoms with Gasteiger partial charge in [-0.25, -0.2) is 4.39 Å². The maximum atomic E-state index is 13.6. The molecule has 0 aliphatic rings. The Bertz CT molecular complexity index is 512. The van der Waals surface area contributed by atoms with Crippen molar-refractivity contribution in [3.63, 3.8) is 0 Å². The fourth-order valence-electron chi connectivity index (χ4n) is 1.60. The van der Waals surface area contributed by atoms with Crippen molar-refractivity contribution in [2.24, 2.45) is 0 Å². The van der Waals surface area contributed by atoms with E-state index < -0.39 is 0 Å². The summed E-state index contributed by atoms with van der Waals surface area (Å²) in [5.41, 5.74) is 0.518. The van der Waals surface area contributed by atoms with E-state index >= 15 is 0 Å². The van der Waals surface area contributed by atoms with E-state index in [0.717, 1.165) is 18.0 Å². The van der Waals surface area contributed by atoms with Crippen LogP contribution in [0.25, 0.3) is 10.6 Å². The molecule has 1 unspecified atom stereocenters. The monoisotopic (exact) mass is 265 g/mol. The van der Waals surface area contributed by atoms with E-state index in [9.17, 15) is 4.39 Å². The van der Waals surface area contributed by atoms with Crippen molar-refractivity contribution in [1.82, 2.24) is 15.5 Å². The molecule has 2 rings (SSSR count). The van der Waals surface area contributed by atoms with Crippen LogP contribution in [0, 0.1) is 5.82 Å². The third-order valence-electron chi connectivity index (χ3n) is 2.62. The third kappa shape index (κ3) is 2.91. The number of rotatable bonds is 5. The highest BCUT2D eigenvalue weighted by Gasteiger charge is 2.14. The van der Waals surface area contributed by atoms with E-state index in [0.29, 0.717) is 10.6 Å². The quantitative estimate of drug-likeness (QED) is 0.900. The summed E-state index contributed by atoms with van der Waals surface area (Å²) in [4.78, 5) is 0. The Hall–Kier alpha value is -1.33. The van der Waals surface area contributed by atoms with Gasteiger partial charge in [-0.1, -0.05) is 30.4 Å². The minimum absolute atomic E-state index is 0.156. The Balaban J connectivity index is 2.18. The van der Waals surface area contributed by atoms with Gasteiger partial charge in [-0.05, 0) is 32.0 Å².